The van der Waals surface area contributed by atoms with Gasteiger partial charge in [0.2, 0.25) is 0 Å². The monoisotopic (exact) mass is 370 g/mol. The summed E-state index contributed by atoms with van der Waals surface area (Å²) in [6.45, 7) is 0. The van der Waals surface area contributed by atoms with Gasteiger partial charge >= 0.3 is 6.18 Å². The molecule has 1 aromatic carbocycles. The van der Waals surface area contributed by atoms with E-state index < -0.39 is 11.7 Å². The molecule has 0 saturated carbocycles. The van der Waals surface area contributed by atoms with Crippen LogP contribution in [0.15, 0.2) is 91.5 Å². The van der Waals surface area contributed by atoms with Crippen molar-refractivity contribution in [2.45, 2.75) is 6.18 Å². The summed E-state index contributed by atoms with van der Waals surface area (Å²) in [7, 11) is 0. The number of hydrogen-bond acceptors (Lipinski definition) is 4. The van der Waals surface area contributed by atoms with Crippen LogP contribution >= 0.6 is 0 Å². The zero-order valence-electron chi connectivity index (χ0n) is 14.2. The standard InChI is InChI=1S/C13H11N3.C7H6F3N/c1-2-4-9-15-13(16-10-5-3-1)12-7-6-8-14-11-12;8-7(9,10)5-2-1-3-6(11)4-5/h1-11H;1-4H,11H2. The number of nitrogen functional groups attached to an aromatic ring is 1. The Morgan fingerprint density at radius 1 is 0.741 bits per heavy atom. The zero-order chi connectivity index (χ0) is 19.5. The van der Waals surface area contributed by atoms with Gasteiger partial charge in [0.25, 0.3) is 0 Å². The Hall–Kier alpha value is -3.48. The quantitative estimate of drug-likeness (QED) is 0.616. The molecule has 0 unspecified atom stereocenters. The van der Waals surface area contributed by atoms with Crippen LogP contribution in [-0.4, -0.2) is 15.0 Å². The van der Waals surface area contributed by atoms with Crippen LogP contribution in [0.2, 0.25) is 0 Å². The van der Waals surface area contributed by atoms with Crippen molar-refractivity contribution in [3.05, 3.63) is 97.1 Å². The van der Waals surface area contributed by atoms with Gasteiger partial charge in [-0.25, -0.2) is 9.97 Å². The molecular formula is C20H17F3N4. The Morgan fingerprint density at radius 3 is 1.93 bits per heavy atom. The third kappa shape index (κ3) is 7.11. The number of anilines is 1. The molecule has 0 aliphatic rings. The number of hydrogen-bond donors (Lipinski definition) is 1. The van der Waals surface area contributed by atoms with Crippen molar-refractivity contribution in [3.63, 3.8) is 0 Å². The summed E-state index contributed by atoms with van der Waals surface area (Å²) < 4.78 is 35.7. The van der Waals surface area contributed by atoms with Gasteiger partial charge in [0.05, 0.1) is 5.56 Å². The van der Waals surface area contributed by atoms with Crippen LogP contribution in [0.3, 0.4) is 0 Å². The number of aromatic nitrogens is 3. The van der Waals surface area contributed by atoms with Crippen molar-refractivity contribution in [2.24, 2.45) is 0 Å². The lowest BCUT2D eigenvalue weighted by Crippen LogP contribution is -2.04. The lowest BCUT2D eigenvalue weighted by molar-refractivity contribution is -0.137. The second-order valence-electron chi connectivity index (χ2n) is 5.21. The van der Waals surface area contributed by atoms with Crippen molar-refractivity contribution in [1.29, 1.82) is 0 Å². The first kappa shape index (κ1) is 19.8. The molecule has 138 valence electrons. The van der Waals surface area contributed by atoms with Crippen LogP contribution in [0.25, 0.3) is 11.4 Å². The Labute approximate surface area is 154 Å². The molecular weight excluding hydrogens is 353 g/mol. The van der Waals surface area contributed by atoms with Crippen molar-refractivity contribution in [1.82, 2.24) is 15.0 Å². The van der Waals surface area contributed by atoms with E-state index in [4.69, 9.17) is 5.73 Å². The summed E-state index contributed by atoms with van der Waals surface area (Å²) in [4.78, 5) is 12.6. The molecule has 0 aliphatic heterocycles. The molecule has 2 aromatic heterocycles. The molecule has 0 spiro atoms. The largest absolute Gasteiger partial charge is 0.416 e. The molecule has 4 nitrogen and oxygen atoms in total. The van der Waals surface area contributed by atoms with Crippen LogP contribution in [0.1, 0.15) is 5.56 Å². The number of nitrogens with two attached hydrogens (primary N) is 1. The average molecular weight is 370 g/mol. The van der Waals surface area contributed by atoms with Gasteiger partial charge < -0.3 is 5.73 Å². The van der Waals surface area contributed by atoms with Gasteiger partial charge in [-0.2, -0.15) is 13.2 Å². The molecule has 7 heteroatoms. The third-order valence-electron chi connectivity index (χ3n) is 3.14. The van der Waals surface area contributed by atoms with Gasteiger partial charge in [-0.15, -0.1) is 0 Å². The maximum absolute atomic E-state index is 11.9. The molecule has 27 heavy (non-hydrogen) atoms. The minimum atomic E-state index is -4.30. The number of nitrogens with zero attached hydrogens (tertiary/aromatic N) is 3. The molecule has 0 amide bonds. The van der Waals surface area contributed by atoms with E-state index in [1.54, 1.807) is 24.8 Å². The van der Waals surface area contributed by atoms with Crippen LogP contribution < -0.4 is 5.73 Å². The molecule has 3 rings (SSSR count). The van der Waals surface area contributed by atoms with Gasteiger partial charge in [0.15, 0.2) is 5.82 Å². The lowest BCUT2D eigenvalue weighted by atomic mass is 10.2. The fraction of sp³-hybridized carbons (Fsp3) is 0.0500. The van der Waals surface area contributed by atoms with Crippen molar-refractivity contribution in [3.8, 4) is 11.4 Å². The van der Waals surface area contributed by atoms with Gasteiger partial charge in [-0.05, 0) is 42.5 Å². The highest BCUT2D eigenvalue weighted by molar-refractivity contribution is 5.51. The van der Waals surface area contributed by atoms with Crippen molar-refractivity contribution < 1.29 is 13.2 Å². The van der Waals surface area contributed by atoms with Crippen LogP contribution in [0.4, 0.5) is 18.9 Å². The first-order valence-electron chi connectivity index (χ1n) is 7.90. The summed E-state index contributed by atoms with van der Waals surface area (Å²) in [5.74, 6) is 0.657. The minimum absolute atomic E-state index is 0.125. The molecule has 0 radical (unpaired) electrons. The average Bonchev–Trinajstić information content (AvgIpc) is 2.66. The number of rotatable bonds is 1. The lowest BCUT2D eigenvalue weighted by Gasteiger charge is -2.05. The molecule has 0 bridgehead atoms. The van der Waals surface area contributed by atoms with E-state index >= 15 is 0 Å². The highest BCUT2D eigenvalue weighted by Gasteiger charge is 2.30. The predicted molar refractivity (Wildman–Crippen MR) is 98.7 cm³/mol. The zero-order valence-corrected chi connectivity index (χ0v) is 14.2. The molecule has 0 atom stereocenters. The highest BCUT2D eigenvalue weighted by atomic mass is 19.4. The normalized spacial score (nSPS) is 10.2. The third-order valence-corrected chi connectivity index (χ3v) is 3.14. The fourth-order valence-corrected chi connectivity index (χ4v) is 1.91. The summed E-state index contributed by atoms with van der Waals surface area (Å²) in [6.07, 6.45) is 2.61. The SMILES string of the molecule is Nc1cccc(C(F)(F)F)c1.c1cccnc(-c2cccnc2)nccc1. The minimum Gasteiger partial charge on any atom is -0.399 e. The molecule has 2 heterocycles. The summed E-state index contributed by atoms with van der Waals surface area (Å²) in [5, 5.41) is 0. The van der Waals surface area contributed by atoms with Gasteiger partial charge in [-0.3, -0.25) is 4.98 Å². The van der Waals surface area contributed by atoms with E-state index in [0.717, 1.165) is 17.7 Å². The molecule has 0 aliphatic carbocycles. The molecule has 2 N–H and O–H groups in total. The van der Waals surface area contributed by atoms with E-state index in [0.29, 0.717) is 5.82 Å². The van der Waals surface area contributed by atoms with E-state index in [1.165, 1.54) is 12.1 Å². The van der Waals surface area contributed by atoms with E-state index in [9.17, 15) is 13.2 Å². The highest BCUT2D eigenvalue weighted by Crippen LogP contribution is 2.29. The van der Waals surface area contributed by atoms with Gasteiger partial charge in [0.1, 0.15) is 0 Å². The number of pyridine rings is 1. The van der Waals surface area contributed by atoms with Crippen LogP contribution in [-0.2, 0) is 6.18 Å². The van der Waals surface area contributed by atoms with Crippen LogP contribution in [0.5, 0.6) is 0 Å². The summed E-state index contributed by atoms with van der Waals surface area (Å²) in [5.41, 5.74) is 5.47. The summed E-state index contributed by atoms with van der Waals surface area (Å²) in [6, 6.07) is 17.9. The molecule has 0 saturated heterocycles. The number of halogens is 3. The predicted octanol–water partition coefficient (Wildman–Crippen LogP) is 4.95. The first-order valence-corrected chi connectivity index (χ1v) is 7.90. The van der Waals surface area contributed by atoms with Crippen LogP contribution in [0, 0.1) is 0 Å². The Bertz CT molecular complexity index is 873. The van der Waals surface area contributed by atoms with Crippen molar-refractivity contribution >= 4 is 5.69 Å². The Balaban J connectivity index is 0.000000208. The fourth-order valence-electron chi connectivity index (χ4n) is 1.91. The maximum atomic E-state index is 11.9. The topological polar surface area (TPSA) is 64.7 Å². The number of alkyl halides is 3. The maximum Gasteiger partial charge on any atom is 0.416 e. The second-order valence-corrected chi connectivity index (χ2v) is 5.21. The molecule has 0 fully saturated rings. The van der Waals surface area contributed by atoms with Gasteiger partial charge in [0, 0.05) is 36.0 Å². The smallest absolute Gasteiger partial charge is 0.399 e. The second kappa shape index (κ2) is 9.86. The first-order chi connectivity index (χ1) is 13.0. The summed E-state index contributed by atoms with van der Waals surface area (Å²) >= 11 is 0. The Morgan fingerprint density at radius 2 is 1.41 bits per heavy atom. The molecule has 3 aromatic rings. The van der Waals surface area contributed by atoms with Crippen molar-refractivity contribution in [2.75, 3.05) is 5.73 Å². The van der Waals surface area contributed by atoms with E-state index in [1.807, 2.05) is 42.5 Å². The van der Waals surface area contributed by atoms with Gasteiger partial charge in [-0.1, -0.05) is 24.3 Å². The number of benzene rings is 1. The Kier molecular flexibility index (Phi) is 7.25. The van der Waals surface area contributed by atoms with E-state index in [-0.39, 0.29) is 5.69 Å². The van der Waals surface area contributed by atoms with E-state index in [2.05, 4.69) is 15.0 Å².